The molecule has 0 saturated carbocycles. The fourth-order valence-corrected chi connectivity index (χ4v) is 1.79. The monoisotopic (exact) mass is 251 g/mol. The SMILES string of the molecule is CC(CCCO)NC(=O)CCc1ccccc1O. The normalized spacial score (nSPS) is 12.1. The summed E-state index contributed by atoms with van der Waals surface area (Å²) in [5.41, 5.74) is 0.788. The molecule has 1 atom stereocenters. The molecule has 0 aromatic heterocycles. The summed E-state index contributed by atoms with van der Waals surface area (Å²) in [6.07, 6.45) is 2.37. The van der Waals surface area contributed by atoms with Gasteiger partial charge in [-0.1, -0.05) is 18.2 Å². The van der Waals surface area contributed by atoms with Crippen molar-refractivity contribution in [2.24, 2.45) is 0 Å². The minimum Gasteiger partial charge on any atom is -0.508 e. The lowest BCUT2D eigenvalue weighted by atomic mass is 10.1. The number of aryl methyl sites for hydroxylation is 1. The summed E-state index contributed by atoms with van der Waals surface area (Å²) in [5.74, 6) is 0.210. The van der Waals surface area contributed by atoms with E-state index in [2.05, 4.69) is 5.32 Å². The number of nitrogens with one attached hydrogen (secondary N) is 1. The molecule has 0 heterocycles. The Bertz CT molecular complexity index is 379. The van der Waals surface area contributed by atoms with Crippen molar-refractivity contribution >= 4 is 5.91 Å². The van der Waals surface area contributed by atoms with Gasteiger partial charge in [0, 0.05) is 19.1 Å². The van der Waals surface area contributed by atoms with Crippen molar-refractivity contribution in [2.45, 2.75) is 38.6 Å². The fraction of sp³-hybridized carbons (Fsp3) is 0.500. The Kier molecular flexibility index (Phi) is 6.22. The molecule has 0 bridgehead atoms. The number of aliphatic hydroxyl groups excluding tert-OH is 1. The number of carbonyl (C=O) groups is 1. The number of aromatic hydroxyl groups is 1. The number of hydrogen-bond donors (Lipinski definition) is 3. The van der Waals surface area contributed by atoms with Crippen LogP contribution in [0.2, 0.25) is 0 Å². The molecule has 18 heavy (non-hydrogen) atoms. The highest BCUT2D eigenvalue weighted by molar-refractivity contribution is 5.76. The zero-order valence-electron chi connectivity index (χ0n) is 10.7. The van der Waals surface area contributed by atoms with E-state index < -0.39 is 0 Å². The smallest absolute Gasteiger partial charge is 0.220 e. The van der Waals surface area contributed by atoms with Crippen LogP contribution in [0.15, 0.2) is 24.3 Å². The number of phenols is 1. The third kappa shape index (κ3) is 5.19. The third-order valence-corrected chi connectivity index (χ3v) is 2.82. The zero-order chi connectivity index (χ0) is 13.4. The van der Waals surface area contributed by atoms with Gasteiger partial charge in [-0.2, -0.15) is 0 Å². The van der Waals surface area contributed by atoms with E-state index in [9.17, 15) is 9.90 Å². The van der Waals surface area contributed by atoms with E-state index in [1.807, 2.05) is 19.1 Å². The molecule has 0 aliphatic carbocycles. The molecule has 4 nitrogen and oxygen atoms in total. The van der Waals surface area contributed by atoms with E-state index in [4.69, 9.17) is 5.11 Å². The maximum absolute atomic E-state index is 11.6. The summed E-state index contributed by atoms with van der Waals surface area (Å²) in [5, 5.41) is 21.1. The largest absolute Gasteiger partial charge is 0.508 e. The minimum absolute atomic E-state index is 0.0244. The van der Waals surface area contributed by atoms with Gasteiger partial charge in [0.15, 0.2) is 0 Å². The van der Waals surface area contributed by atoms with Crippen molar-refractivity contribution in [3.8, 4) is 5.75 Å². The topological polar surface area (TPSA) is 69.6 Å². The number of benzene rings is 1. The van der Waals surface area contributed by atoms with Crippen LogP contribution in [0.5, 0.6) is 5.75 Å². The summed E-state index contributed by atoms with van der Waals surface area (Å²) < 4.78 is 0. The molecular formula is C14H21NO3. The molecule has 0 aliphatic heterocycles. The van der Waals surface area contributed by atoms with E-state index in [0.717, 1.165) is 12.0 Å². The van der Waals surface area contributed by atoms with Crippen LogP contribution < -0.4 is 5.32 Å². The van der Waals surface area contributed by atoms with E-state index in [1.54, 1.807) is 12.1 Å². The van der Waals surface area contributed by atoms with E-state index >= 15 is 0 Å². The second kappa shape index (κ2) is 7.71. The van der Waals surface area contributed by atoms with E-state index in [1.165, 1.54) is 0 Å². The highest BCUT2D eigenvalue weighted by Crippen LogP contribution is 2.17. The molecule has 0 radical (unpaired) electrons. The van der Waals surface area contributed by atoms with Gasteiger partial charge < -0.3 is 15.5 Å². The van der Waals surface area contributed by atoms with Gasteiger partial charge in [0.25, 0.3) is 0 Å². The highest BCUT2D eigenvalue weighted by Gasteiger charge is 2.08. The molecule has 1 unspecified atom stereocenters. The predicted octanol–water partition coefficient (Wildman–Crippen LogP) is 1.60. The molecule has 1 amide bonds. The number of phenolic OH excluding ortho intramolecular Hbond substituents is 1. The molecule has 0 saturated heterocycles. The zero-order valence-corrected chi connectivity index (χ0v) is 10.7. The summed E-state index contributed by atoms with van der Waals surface area (Å²) in [4.78, 5) is 11.6. The van der Waals surface area contributed by atoms with Gasteiger partial charge >= 0.3 is 0 Å². The molecule has 4 heteroatoms. The van der Waals surface area contributed by atoms with Gasteiger partial charge in [-0.3, -0.25) is 4.79 Å². The average Bonchev–Trinajstić information content (AvgIpc) is 2.35. The Morgan fingerprint density at radius 3 is 2.78 bits per heavy atom. The Morgan fingerprint density at radius 2 is 2.11 bits per heavy atom. The molecule has 100 valence electrons. The number of rotatable bonds is 7. The Balaban J connectivity index is 2.31. The van der Waals surface area contributed by atoms with Crippen LogP contribution in [0.25, 0.3) is 0 Å². The average molecular weight is 251 g/mol. The highest BCUT2D eigenvalue weighted by atomic mass is 16.3. The van der Waals surface area contributed by atoms with Crippen LogP contribution in [0.1, 0.15) is 31.7 Å². The maximum Gasteiger partial charge on any atom is 0.220 e. The van der Waals surface area contributed by atoms with Gasteiger partial charge in [0.2, 0.25) is 5.91 Å². The van der Waals surface area contributed by atoms with Crippen LogP contribution in [-0.2, 0) is 11.2 Å². The third-order valence-electron chi connectivity index (χ3n) is 2.82. The van der Waals surface area contributed by atoms with Crippen molar-refractivity contribution in [3.05, 3.63) is 29.8 Å². The van der Waals surface area contributed by atoms with Gasteiger partial charge in [-0.25, -0.2) is 0 Å². The molecule has 0 aliphatic rings. The van der Waals surface area contributed by atoms with Crippen molar-refractivity contribution in [3.63, 3.8) is 0 Å². The first kappa shape index (κ1) is 14.5. The second-order valence-corrected chi connectivity index (χ2v) is 4.46. The minimum atomic E-state index is -0.0244. The van der Waals surface area contributed by atoms with Gasteiger partial charge in [-0.05, 0) is 37.8 Å². The van der Waals surface area contributed by atoms with E-state index in [-0.39, 0.29) is 24.3 Å². The second-order valence-electron chi connectivity index (χ2n) is 4.46. The van der Waals surface area contributed by atoms with Crippen molar-refractivity contribution in [2.75, 3.05) is 6.61 Å². The first-order valence-electron chi connectivity index (χ1n) is 6.30. The summed E-state index contributed by atoms with van der Waals surface area (Å²) in [6.45, 7) is 2.08. The predicted molar refractivity (Wildman–Crippen MR) is 70.4 cm³/mol. The van der Waals surface area contributed by atoms with E-state index in [0.29, 0.717) is 19.3 Å². The van der Waals surface area contributed by atoms with Crippen LogP contribution in [0.3, 0.4) is 0 Å². The summed E-state index contributed by atoms with van der Waals surface area (Å²) >= 11 is 0. The standard InChI is InChI=1S/C14H21NO3/c1-11(5-4-10-16)15-14(18)9-8-12-6-2-3-7-13(12)17/h2-3,6-7,11,16-17H,4-5,8-10H2,1H3,(H,15,18). The van der Waals surface area contributed by atoms with Gasteiger partial charge in [-0.15, -0.1) is 0 Å². The number of amides is 1. The molecule has 1 aromatic carbocycles. The van der Waals surface area contributed by atoms with Crippen LogP contribution in [0.4, 0.5) is 0 Å². The quantitative estimate of drug-likeness (QED) is 0.689. The lowest BCUT2D eigenvalue weighted by Crippen LogP contribution is -2.32. The summed E-state index contributed by atoms with van der Waals surface area (Å²) in [7, 11) is 0. The first-order valence-corrected chi connectivity index (χ1v) is 6.30. The van der Waals surface area contributed by atoms with Crippen molar-refractivity contribution in [1.29, 1.82) is 0 Å². The van der Waals surface area contributed by atoms with Crippen LogP contribution in [0, 0.1) is 0 Å². The number of para-hydroxylation sites is 1. The van der Waals surface area contributed by atoms with Crippen LogP contribution in [-0.4, -0.2) is 28.8 Å². The fourth-order valence-electron chi connectivity index (χ4n) is 1.79. The molecule has 0 spiro atoms. The lowest BCUT2D eigenvalue weighted by molar-refractivity contribution is -0.121. The molecule has 1 aromatic rings. The molecular weight excluding hydrogens is 230 g/mol. The number of carbonyl (C=O) groups excluding carboxylic acids is 1. The molecule has 3 N–H and O–H groups in total. The van der Waals surface area contributed by atoms with Crippen molar-refractivity contribution < 1.29 is 15.0 Å². The number of aliphatic hydroxyl groups is 1. The Morgan fingerprint density at radius 1 is 1.39 bits per heavy atom. The summed E-state index contributed by atoms with van der Waals surface area (Å²) in [6, 6.07) is 7.12. The Hall–Kier alpha value is -1.55. The molecule has 0 fully saturated rings. The molecule has 1 rings (SSSR count). The maximum atomic E-state index is 11.6. The first-order chi connectivity index (χ1) is 8.63. The van der Waals surface area contributed by atoms with Crippen LogP contribution >= 0.6 is 0 Å². The van der Waals surface area contributed by atoms with Crippen molar-refractivity contribution in [1.82, 2.24) is 5.32 Å². The van der Waals surface area contributed by atoms with Gasteiger partial charge in [0.05, 0.1) is 0 Å². The number of hydrogen-bond acceptors (Lipinski definition) is 3. The Labute approximate surface area is 108 Å². The van der Waals surface area contributed by atoms with Gasteiger partial charge in [0.1, 0.15) is 5.75 Å². The lowest BCUT2D eigenvalue weighted by Gasteiger charge is -2.13.